The van der Waals surface area contributed by atoms with Gasteiger partial charge >= 0.3 is 51.4 Å². The molecule has 0 saturated carbocycles. The van der Waals surface area contributed by atoms with Gasteiger partial charge in [0.15, 0.2) is 0 Å². The van der Waals surface area contributed by atoms with Crippen molar-refractivity contribution >= 4 is 0 Å². The molecular formula is C21H27KO. The minimum atomic E-state index is 0. The van der Waals surface area contributed by atoms with E-state index in [2.05, 4.69) is 76.6 Å². The molecule has 1 nitrogen and oxygen atoms in total. The Kier molecular flexibility index (Phi) is 9.10. The van der Waals surface area contributed by atoms with E-state index in [-0.39, 0.29) is 56.8 Å². The zero-order valence-electron chi connectivity index (χ0n) is 15.2. The minimum absolute atomic E-state index is 0. The van der Waals surface area contributed by atoms with Gasteiger partial charge in [0.2, 0.25) is 0 Å². The molecule has 0 atom stereocenters. The van der Waals surface area contributed by atoms with Crippen LogP contribution in [-0.2, 0) is 11.8 Å². The topological polar surface area (TPSA) is 9.23 Å². The molecule has 0 spiro atoms. The summed E-state index contributed by atoms with van der Waals surface area (Å²) < 4.78 is 5.99. The molecule has 0 amide bonds. The average Bonchev–Trinajstić information content (AvgIpc) is 2.48. The van der Waals surface area contributed by atoms with Gasteiger partial charge in [-0.1, -0.05) is 51.5 Å². The van der Waals surface area contributed by atoms with Gasteiger partial charge in [0.1, 0.15) is 11.5 Å². The number of unbranched alkanes of at least 4 members (excludes halogenated alkanes) is 2. The maximum Gasteiger partial charge on any atom is 1.00 e. The zero-order valence-corrected chi connectivity index (χ0v) is 18.3. The third-order valence-electron chi connectivity index (χ3n) is 3.81. The molecule has 0 bridgehead atoms. The van der Waals surface area contributed by atoms with E-state index in [9.17, 15) is 0 Å². The van der Waals surface area contributed by atoms with Gasteiger partial charge in [0, 0.05) is 0 Å². The summed E-state index contributed by atoms with van der Waals surface area (Å²) in [5.74, 6) is 1.81. The Bertz CT molecular complexity index is 582. The van der Waals surface area contributed by atoms with Crippen molar-refractivity contribution in [1.29, 1.82) is 0 Å². The third-order valence-corrected chi connectivity index (χ3v) is 3.81. The van der Waals surface area contributed by atoms with Crippen LogP contribution in [0.3, 0.4) is 0 Å². The maximum atomic E-state index is 5.99. The second-order valence-electron chi connectivity index (χ2n) is 6.82. The number of hydrogen-bond acceptors (Lipinski definition) is 1. The van der Waals surface area contributed by atoms with Crippen LogP contribution in [0.4, 0.5) is 0 Å². The van der Waals surface area contributed by atoms with Gasteiger partial charge < -0.3 is 11.2 Å². The zero-order chi connectivity index (χ0) is 16.0. The van der Waals surface area contributed by atoms with E-state index in [4.69, 9.17) is 4.74 Å². The summed E-state index contributed by atoms with van der Waals surface area (Å²) in [6.07, 6.45) is 5.68. The number of ether oxygens (including phenoxy) is 1. The van der Waals surface area contributed by atoms with Crippen molar-refractivity contribution in [2.24, 2.45) is 0 Å². The Balaban J connectivity index is 0.00000264. The fourth-order valence-corrected chi connectivity index (χ4v) is 2.43. The molecule has 2 aromatic rings. The van der Waals surface area contributed by atoms with Gasteiger partial charge in [0.05, 0.1) is 0 Å². The van der Waals surface area contributed by atoms with Gasteiger partial charge in [-0.3, -0.25) is 0 Å². The van der Waals surface area contributed by atoms with E-state index in [0.717, 1.165) is 17.9 Å². The normalized spacial score (nSPS) is 11.0. The van der Waals surface area contributed by atoms with Crippen LogP contribution in [0, 0.1) is 6.42 Å². The Morgan fingerprint density at radius 3 is 2.26 bits per heavy atom. The fourth-order valence-electron chi connectivity index (χ4n) is 2.43. The molecule has 0 heterocycles. The molecule has 2 rings (SSSR count). The molecular weight excluding hydrogens is 307 g/mol. The van der Waals surface area contributed by atoms with Crippen molar-refractivity contribution in [1.82, 2.24) is 0 Å². The van der Waals surface area contributed by atoms with E-state index >= 15 is 0 Å². The van der Waals surface area contributed by atoms with Gasteiger partial charge in [0.25, 0.3) is 0 Å². The largest absolute Gasteiger partial charge is 1.00 e. The summed E-state index contributed by atoms with van der Waals surface area (Å²) in [4.78, 5) is 0. The summed E-state index contributed by atoms with van der Waals surface area (Å²) in [5.41, 5.74) is 2.84. The van der Waals surface area contributed by atoms with Crippen molar-refractivity contribution in [3.05, 3.63) is 66.1 Å². The van der Waals surface area contributed by atoms with Crippen LogP contribution in [-0.4, -0.2) is 0 Å². The SMILES string of the molecule is C[CH-]CCCc1cccc(Oc2ccc(C(C)(C)C)cc2)c1.[K+]. The Morgan fingerprint density at radius 2 is 1.65 bits per heavy atom. The minimum Gasteiger partial charge on any atom is -0.457 e. The van der Waals surface area contributed by atoms with Crippen LogP contribution in [0.5, 0.6) is 11.5 Å². The number of benzene rings is 2. The maximum absolute atomic E-state index is 5.99. The van der Waals surface area contributed by atoms with Crippen molar-refractivity contribution < 1.29 is 56.1 Å². The number of rotatable bonds is 6. The molecule has 118 valence electrons. The predicted octanol–water partition coefficient (Wildman–Crippen LogP) is 3.33. The molecule has 0 saturated heterocycles. The van der Waals surface area contributed by atoms with Crippen LogP contribution < -0.4 is 56.1 Å². The van der Waals surface area contributed by atoms with E-state index in [0.29, 0.717) is 0 Å². The summed E-state index contributed by atoms with van der Waals surface area (Å²) in [6.45, 7) is 8.78. The molecule has 0 radical (unpaired) electrons. The fraction of sp³-hybridized carbons (Fsp3) is 0.381. The summed E-state index contributed by atoms with van der Waals surface area (Å²) in [7, 11) is 0. The smallest absolute Gasteiger partial charge is 0.457 e. The van der Waals surface area contributed by atoms with Gasteiger partial charge in [-0.2, -0.15) is 13.3 Å². The second-order valence-corrected chi connectivity index (χ2v) is 6.82. The number of aryl methyl sites for hydroxylation is 1. The van der Waals surface area contributed by atoms with Crippen molar-refractivity contribution in [3.8, 4) is 11.5 Å². The molecule has 0 N–H and O–H groups in total. The first kappa shape index (κ1) is 20.9. The Hall–Kier alpha value is -0.124. The first-order chi connectivity index (χ1) is 10.5. The van der Waals surface area contributed by atoms with E-state index in [1.165, 1.54) is 24.0 Å². The van der Waals surface area contributed by atoms with Crippen LogP contribution >= 0.6 is 0 Å². The van der Waals surface area contributed by atoms with Crippen LogP contribution in [0.2, 0.25) is 0 Å². The summed E-state index contributed by atoms with van der Waals surface area (Å²) in [5, 5.41) is 0. The summed E-state index contributed by atoms with van der Waals surface area (Å²) in [6, 6.07) is 16.8. The standard InChI is InChI=1S/C21H27O.K/c1-5-6-7-9-17-10-8-11-20(16-17)22-19-14-12-18(13-15-19)21(2,3)4;/h5,8,10-16H,6-7,9H2,1-4H3;/q-1;+1. The first-order valence-corrected chi connectivity index (χ1v) is 8.14. The van der Waals surface area contributed by atoms with E-state index < -0.39 is 0 Å². The Morgan fingerprint density at radius 1 is 0.957 bits per heavy atom. The molecule has 0 aliphatic carbocycles. The van der Waals surface area contributed by atoms with Crippen molar-refractivity contribution in [2.45, 2.75) is 52.4 Å². The molecule has 23 heavy (non-hydrogen) atoms. The van der Waals surface area contributed by atoms with E-state index in [1.54, 1.807) is 0 Å². The monoisotopic (exact) mass is 334 g/mol. The molecule has 0 aliphatic heterocycles. The number of hydrogen-bond donors (Lipinski definition) is 0. The first-order valence-electron chi connectivity index (χ1n) is 8.14. The quantitative estimate of drug-likeness (QED) is 0.447. The van der Waals surface area contributed by atoms with Crippen molar-refractivity contribution in [2.75, 3.05) is 0 Å². The predicted molar refractivity (Wildman–Crippen MR) is 94.6 cm³/mol. The summed E-state index contributed by atoms with van der Waals surface area (Å²) >= 11 is 0. The second kappa shape index (κ2) is 10.0. The molecule has 0 aliphatic rings. The van der Waals surface area contributed by atoms with E-state index in [1.807, 2.05) is 6.07 Å². The van der Waals surface area contributed by atoms with Crippen LogP contribution in [0.1, 0.15) is 51.7 Å². The molecule has 2 aromatic carbocycles. The third kappa shape index (κ3) is 7.11. The molecule has 0 aromatic heterocycles. The molecule has 0 fully saturated rings. The molecule has 2 heteroatoms. The van der Waals surface area contributed by atoms with Gasteiger partial charge in [-0.05, 0) is 47.2 Å². The molecule has 0 unspecified atom stereocenters. The van der Waals surface area contributed by atoms with Gasteiger partial charge in [-0.25, -0.2) is 0 Å². The van der Waals surface area contributed by atoms with Crippen LogP contribution in [0.25, 0.3) is 0 Å². The van der Waals surface area contributed by atoms with Crippen molar-refractivity contribution in [3.63, 3.8) is 0 Å². The van der Waals surface area contributed by atoms with Gasteiger partial charge in [-0.15, -0.1) is 0 Å². The van der Waals surface area contributed by atoms with Crippen LogP contribution in [0.15, 0.2) is 48.5 Å². The Labute approximate surface area is 184 Å². The average molecular weight is 335 g/mol.